The highest BCUT2D eigenvalue weighted by molar-refractivity contribution is 6.26. The molecule has 32 heavy (non-hydrogen) atoms. The van der Waals surface area contributed by atoms with Gasteiger partial charge in [0, 0.05) is 24.0 Å². The molecule has 0 saturated heterocycles. The molecule has 0 fully saturated rings. The molecule has 0 N–H and O–H groups in total. The van der Waals surface area contributed by atoms with E-state index >= 15 is 0 Å². The third-order valence-electron chi connectivity index (χ3n) is 6.08. The Labute approximate surface area is 187 Å². The first-order valence-corrected chi connectivity index (χ1v) is 10.9. The van der Waals surface area contributed by atoms with Crippen LogP contribution in [0.15, 0.2) is 97.1 Å². The first kappa shape index (κ1) is 20.0. The monoisotopic (exact) mass is 420 g/mol. The molecule has 158 valence electrons. The van der Waals surface area contributed by atoms with Crippen molar-refractivity contribution in [2.45, 2.75) is 26.1 Å². The molecule has 1 heterocycles. The zero-order valence-electron chi connectivity index (χ0n) is 17.9. The average Bonchev–Trinajstić information content (AvgIpc) is 3.12. The number of rotatable bonds is 6. The summed E-state index contributed by atoms with van der Waals surface area (Å²) >= 11 is 0. The predicted molar refractivity (Wildman–Crippen MR) is 127 cm³/mol. The van der Waals surface area contributed by atoms with Crippen LogP contribution < -0.4 is 4.90 Å². The summed E-state index contributed by atoms with van der Waals surface area (Å²) in [6.45, 7) is 2.80. The highest BCUT2D eigenvalue weighted by Gasteiger charge is 2.37. The summed E-state index contributed by atoms with van der Waals surface area (Å²) in [6, 6.07) is 30.9. The summed E-state index contributed by atoms with van der Waals surface area (Å²) in [5.74, 6) is -0.187. The second-order valence-corrected chi connectivity index (χ2v) is 8.20. The molecule has 0 radical (unpaired) electrons. The van der Waals surface area contributed by atoms with Crippen LogP contribution in [0.4, 0.5) is 5.69 Å². The van der Waals surface area contributed by atoms with E-state index in [2.05, 4.69) is 0 Å². The fourth-order valence-electron chi connectivity index (χ4n) is 4.52. The Morgan fingerprint density at radius 3 is 1.94 bits per heavy atom. The summed E-state index contributed by atoms with van der Waals surface area (Å²) in [6.07, 6.45) is 0. The fraction of sp³-hybridized carbons (Fsp3) is 0.143. The van der Waals surface area contributed by atoms with Crippen LogP contribution in [-0.2, 0) is 17.9 Å². The molecule has 1 aliphatic heterocycles. The number of hydrogen-bond donors (Lipinski definition) is 0. The Morgan fingerprint density at radius 1 is 0.781 bits per heavy atom. The fourth-order valence-corrected chi connectivity index (χ4v) is 4.52. The van der Waals surface area contributed by atoms with Gasteiger partial charge in [0.25, 0.3) is 5.91 Å². The van der Waals surface area contributed by atoms with Crippen LogP contribution in [0.5, 0.6) is 0 Å². The predicted octanol–water partition coefficient (Wildman–Crippen LogP) is 5.42. The molecular formula is C28H24N2O2. The lowest BCUT2D eigenvalue weighted by atomic mass is 10.1. The van der Waals surface area contributed by atoms with Gasteiger partial charge in [0.1, 0.15) is 6.04 Å². The smallest absolute Gasteiger partial charge is 0.259 e. The van der Waals surface area contributed by atoms with Crippen LogP contribution in [0, 0.1) is 0 Å². The molecule has 0 bridgehead atoms. The highest BCUT2D eigenvalue weighted by Crippen LogP contribution is 2.38. The maximum absolute atomic E-state index is 13.8. The Balaban J connectivity index is 1.48. The number of benzene rings is 4. The molecule has 0 saturated carbocycles. The van der Waals surface area contributed by atoms with Crippen molar-refractivity contribution in [3.63, 3.8) is 0 Å². The SMILES string of the molecule is CC(C(=O)N(Cc1ccccc1)Cc1ccccc1)N1C(=O)c2cccc3cccc1c23. The van der Waals surface area contributed by atoms with Crippen molar-refractivity contribution >= 4 is 28.3 Å². The van der Waals surface area contributed by atoms with Crippen LogP contribution >= 0.6 is 0 Å². The van der Waals surface area contributed by atoms with Gasteiger partial charge in [-0.05, 0) is 35.6 Å². The van der Waals surface area contributed by atoms with Gasteiger partial charge >= 0.3 is 0 Å². The number of anilines is 1. The molecule has 0 aliphatic carbocycles. The number of carbonyl (C=O) groups is 2. The van der Waals surface area contributed by atoms with Gasteiger partial charge in [0.2, 0.25) is 5.91 Å². The second kappa shape index (κ2) is 8.31. The van der Waals surface area contributed by atoms with Crippen molar-refractivity contribution in [3.05, 3.63) is 114 Å². The standard InChI is InChI=1S/C28H24N2O2/c1-20(30-25-17-9-15-23-14-8-16-24(26(23)25)28(30)32)27(31)29(18-21-10-4-2-5-11-21)19-22-12-6-3-7-13-22/h2-17,20H,18-19H2,1H3. The quantitative estimate of drug-likeness (QED) is 0.418. The minimum atomic E-state index is -0.618. The van der Waals surface area contributed by atoms with Crippen molar-refractivity contribution in [1.82, 2.24) is 4.90 Å². The molecule has 4 aromatic carbocycles. The Kier molecular flexibility index (Phi) is 5.20. The van der Waals surface area contributed by atoms with Gasteiger partial charge in [0.15, 0.2) is 0 Å². The van der Waals surface area contributed by atoms with E-state index in [-0.39, 0.29) is 11.8 Å². The molecule has 1 atom stereocenters. The Hall–Kier alpha value is -3.92. The molecule has 0 spiro atoms. The van der Waals surface area contributed by atoms with Crippen molar-refractivity contribution < 1.29 is 9.59 Å². The summed E-state index contributed by atoms with van der Waals surface area (Å²) in [5, 5.41) is 1.94. The molecule has 5 rings (SSSR count). The topological polar surface area (TPSA) is 40.6 Å². The molecule has 0 aromatic heterocycles. The van der Waals surface area contributed by atoms with Gasteiger partial charge in [0.05, 0.1) is 5.69 Å². The van der Waals surface area contributed by atoms with E-state index in [1.807, 2.05) is 109 Å². The number of nitrogens with zero attached hydrogens (tertiary/aromatic N) is 2. The highest BCUT2D eigenvalue weighted by atomic mass is 16.2. The van der Waals surface area contributed by atoms with E-state index in [0.717, 1.165) is 27.6 Å². The van der Waals surface area contributed by atoms with E-state index in [4.69, 9.17) is 0 Å². The van der Waals surface area contributed by atoms with E-state index in [1.165, 1.54) is 0 Å². The van der Waals surface area contributed by atoms with Crippen molar-refractivity contribution in [2.24, 2.45) is 0 Å². The lowest BCUT2D eigenvalue weighted by Gasteiger charge is -2.31. The maximum atomic E-state index is 13.8. The first-order chi connectivity index (χ1) is 15.6. The maximum Gasteiger partial charge on any atom is 0.259 e. The first-order valence-electron chi connectivity index (χ1n) is 10.9. The zero-order chi connectivity index (χ0) is 22.1. The summed E-state index contributed by atoms with van der Waals surface area (Å²) in [7, 11) is 0. The van der Waals surface area contributed by atoms with Gasteiger partial charge in [-0.25, -0.2) is 0 Å². The van der Waals surface area contributed by atoms with Gasteiger partial charge in [-0.15, -0.1) is 0 Å². The van der Waals surface area contributed by atoms with Crippen LogP contribution in [0.1, 0.15) is 28.4 Å². The third-order valence-corrected chi connectivity index (χ3v) is 6.08. The molecule has 1 unspecified atom stereocenters. The van der Waals surface area contributed by atoms with Crippen molar-refractivity contribution in [2.75, 3.05) is 4.90 Å². The Bertz CT molecular complexity index is 1240. The van der Waals surface area contributed by atoms with Gasteiger partial charge in [-0.2, -0.15) is 0 Å². The number of hydrogen-bond acceptors (Lipinski definition) is 2. The van der Waals surface area contributed by atoms with Gasteiger partial charge in [-0.3, -0.25) is 14.5 Å². The Morgan fingerprint density at radius 2 is 1.34 bits per heavy atom. The van der Waals surface area contributed by atoms with E-state index in [9.17, 15) is 9.59 Å². The zero-order valence-corrected chi connectivity index (χ0v) is 17.9. The summed E-state index contributed by atoms with van der Waals surface area (Å²) in [4.78, 5) is 30.6. The molecule has 1 aliphatic rings. The number of amides is 2. The minimum Gasteiger partial charge on any atom is -0.332 e. The largest absolute Gasteiger partial charge is 0.332 e. The molecule has 4 aromatic rings. The summed E-state index contributed by atoms with van der Waals surface area (Å²) < 4.78 is 0. The minimum absolute atomic E-state index is 0.0733. The van der Waals surface area contributed by atoms with Crippen LogP contribution in [0.25, 0.3) is 10.8 Å². The second-order valence-electron chi connectivity index (χ2n) is 8.20. The lowest BCUT2D eigenvalue weighted by molar-refractivity contribution is -0.133. The number of carbonyl (C=O) groups excluding carboxylic acids is 2. The average molecular weight is 421 g/mol. The van der Waals surface area contributed by atoms with E-state index in [1.54, 1.807) is 4.90 Å². The van der Waals surface area contributed by atoms with Crippen molar-refractivity contribution in [3.8, 4) is 0 Å². The van der Waals surface area contributed by atoms with Crippen LogP contribution in [0.3, 0.4) is 0 Å². The molecular weight excluding hydrogens is 396 g/mol. The van der Waals surface area contributed by atoms with E-state index in [0.29, 0.717) is 18.7 Å². The lowest BCUT2D eigenvalue weighted by Crippen LogP contribution is -2.48. The molecule has 2 amide bonds. The van der Waals surface area contributed by atoms with Crippen LogP contribution in [-0.4, -0.2) is 22.8 Å². The van der Waals surface area contributed by atoms with Crippen molar-refractivity contribution in [1.29, 1.82) is 0 Å². The summed E-state index contributed by atoms with van der Waals surface area (Å²) in [5.41, 5.74) is 3.59. The third kappa shape index (κ3) is 3.54. The normalized spacial score (nSPS) is 13.4. The molecule has 4 heteroatoms. The van der Waals surface area contributed by atoms with Gasteiger partial charge < -0.3 is 4.90 Å². The van der Waals surface area contributed by atoms with Gasteiger partial charge in [-0.1, -0.05) is 84.9 Å². The van der Waals surface area contributed by atoms with Crippen LogP contribution in [0.2, 0.25) is 0 Å². The molecule has 4 nitrogen and oxygen atoms in total. The van der Waals surface area contributed by atoms with E-state index < -0.39 is 6.04 Å².